The van der Waals surface area contributed by atoms with E-state index in [0.29, 0.717) is 0 Å². The molecule has 0 aliphatic rings. The summed E-state index contributed by atoms with van der Waals surface area (Å²) in [6.07, 6.45) is 0. The van der Waals surface area contributed by atoms with Gasteiger partial charge >= 0.3 is 5.97 Å². The number of carboxylic acid groups (broad SMARTS) is 1. The molecule has 0 heterocycles. The predicted octanol–water partition coefficient (Wildman–Crippen LogP) is 3.10. The molecule has 3 nitrogen and oxygen atoms in total. The Morgan fingerprint density at radius 2 is 1.82 bits per heavy atom. The Kier molecular flexibility index (Phi) is 5.35. The van der Waals surface area contributed by atoms with E-state index in [0.717, 1.165) is 18.0 Å². The van der Waals surface area contributed by atoms with Crippen LogP contribution in [-0.2, 0) is 4.79 Å². The highest BCUT2D eigenvalue weighted by atomic mass is 32.2. The highest BCUT2D eigenvalue weighted by molar-refractivity contribution is 8.00. The van der Waals surface area contributed by atoms with Crippen LogP contribution in [0.5, 0.6) is 0 Å². The molecule has 0 amide bonds. The van der Waals surface area contributed by atoms with Crippen molar-refractivity contribution in [3.63, 3.8) is 0 Å². The summed E-state index contributed by atoms with van der Waals surface area (Å²) in [5.41, 5.74) is 1.18. The predicted molar refractivity (Wildman–Crippen MR) is 73.0 cm³/mol. The van der Waals surface area contributed by atoms with Gasteiger partial charge in [-0.05, 0) is 45.0 Å². The first kappa shape index (κ1) is 13.9. The molecule has 0 saturated carbocycles. The summed E-state index contributed by atoms with van der Waals surface area (Å²) in [6, 6.07) is 8.06. The normalized spacial score (nSPS) is 12.2. The molecule has 1 unspecified atom stereocenters. The van der Waals surface area contributed by atoms with E-state index in [1.165, 1.54) is 17.4 Å². The molecule has 0 radical (unpaired) electrons. The standard InChI is InChI=1S/C13H19NO2S/c1-4-14(5-2)11-6-8-12(9-7-11)17-10(3)13(15)16/h6-10H,4-5H2,1-3H3,(H,15,16). The number of carbonyl (C=O) groups is 1. The van der Waals surface area contributed by atoms with Crippen LogP contribution in [0.3, 0.4) is 0 Å². The van der Waals surface area contributed by atoms with Crippen molar-refractivity contribution >= 4 is 23.4 Å². The highest BCUT2D eigenvalue weighted by Gasteiger charge is 2.12. The molecule has 0 saturated heterocycles. The maximum atomic E-state index is 10.7. The topological polar surface area (TPSA) is 40.5 Å². The summed E-state index contributed by atoms with van der Waals surface area (Å²) < 4.78 is 0. The lowest BCUT2D eigenvalue weighted by Crippen LogP contribution is -2.21. The number of thioether (sulfide) groups is 1. The first-order valence-electron chi connectivity index (χ1n) is 5.83. The van der Waals surface area contributed by atoms with E-state index in [4.69, 9.17) is 5.11 Å². The van der Waals surface area contributed by atoms with Crippen molar-refractivity contribution < 1.29 is 9.90 Å². The van der Waals surface area contributed by atoms with Crippen LogP contribution in [0.2, 0.25) is 0 Å². The summed E-state index contributed by atoms with van der Waals surface area (Å²) in [5, 5.41) is 8.43. The Morgan fingerprint density at radius 1 is 1.29 bits per heavy atom. The molecule has 0 fully saturated rings. The van der Waals surface area contributed by atoms with Crippen LogP contribution < -0.4 is 4.90 Å². The van der Waals surface area contributed by atoms with Gasteiger partial charge in [-0.2, -0.15) is 0 Å². The minimum Gasteiger partial charge on any atom is -0.480 e. The summed E-state index contributed by atoms with van der Waals surface area (Å²) in [4.78, 5) is 14.0. The SMILES string of the molecule is CCN(CC)c1ccc(SC(C)C(=O)O)cc1. The molecule has 1 aromatic carbocycles. The van der Waals surface area contributed by atoms with Gasteiger partial charge in [-0.25, -0.2) is 0 Å². The Balaban J connectivity index is 2.71. The number of aliphatic carboxylic acids is 1. The maximum absolute atomic E-state index is 10.7. The number of nitrogens with zero attached hydrogens (tertiary/aromatic N) is 1. The Hall–Kier alpha value is -1.16. The lowest BCUT2D eigenvalue weighted by atomic mass is 10.3. The van der Waals surface area contributed by atoms with Gasteiger partial charge in [-0.15, -0.1) is 11.8 Å². The van der Waals surface area contributed by atoms with Gasteiger partial charge in [0.2, 0.25) is 0 Å². The van der Waals surface area contributed by atoms with E-state index in [1.807, 2.05) is 24.3 Å². The van der Waals surface area contributed by atoms with E-state index in [1.54, 1.807) is 6.92 Å². The largest absolute Gasteiger partial charge is 0.480 e. The van der Waals surface area contributed by atoms with Gasteiger partial charge in [0.15, 0.2) is 0 Å². The molecular formula is C13H19NO2S. The molecule has 17 heavy (non-hydrogen) atoms. The van der Waals surface area contributed by atoms with E-state index >= 15 is 0 Å². The molecule has 0 spiro atoms. The van der Waals surface area contributed by atoms with Crippen molar-refractivity contribution in [2.24, 2.45) is 0 Å². The number of rotatable bonds is 6. The lowest BCUT2D eigenvalue weighted by Gasteiger charge is -2.21. The lowest BCUT2D eigenvalue weighted by molar-refractivity contribution is -0.136. The van der Waals surface area contributed by atoms with Gasteiger partial charge in [0, 0.05) is 23.7 Å². The molecule has 1 atom stereocenters. The zero-order valence-corrected chi connectivity index (χ0v) is 11.3. The minimum atomic E-state index is -0.775. The van der Waals surface area contributed by atoms with E-state index in [9.17, 15) is 4.79 Å². The van der Waals surface area contributed by atoms with Gasteiger partial charge in [-0.1, -0.05) is 0 Å². The van der Waals surface area contributed by atoms with Crippen molar-refractivity contribution in [1.82, 2.24) is 0 Å². The van der Waals surface area contributed by atoms with Crippen LogP contribution >= 0.6 is 11.8 Å². The minimum absolute atomic E-state index is 0.408. The fraction of sp³-hybridized carbons (Fsp3) is 0.462. The first-order chi connectivity index (χ1) is 8.08. The van der Waals surface area contributed by atoms with Crippen LogP contribution in [0.1, 0.15) is 20.8 Å². The third-order valence-corrected chi connectivity index (χ3v) is 3.73. The number of hydrogen-bond acceptors (Lipinski definition) is 3. The van der Waals surface area contributed by atoms with Crippen molar-refractivity contribution in [1.29, 1.82) is 0 Å². The molecule has 0 aliphatic heterocycles. The quantitative estimate of drug-likeness (QED) is 0.791. The summed E-state index contributed by atoms with van der Waals surface area (Å²) in [7, 11) is 0. The molecule has 0 bridgehead atoms. The molecule has 1 aromatic rings. The second-order valence-electron chi connectivity index (χ2n) is 3.76. The number of anilines is 1. The highest BCUT2D eigenvalue weighted by Crippen LogP contribution is 2.25. The fourth-order valence-electron chi connectivity index (χ4n) is 1.58. The van der Waals surface area contributed by atoms with Gasteiger partial charge < -0.3 is 10.0 Å². The zero-order chi connectivity index (χ0) is 12.8. The monoisotopic (exact) mass is 253 g/mol. The van der Waals surface area contributed by atoms with Crippen LogP contribution in [0, 0.1) is 0 Å². The van der Waals surface area contributed by atoms with Crippen molar-refractivity contribution in [3.8, 4) is 0 Å². The van der Waals surface area contributed by atoms with Gasteiger partial charge in [-0.3, -0.25) is 4.79 Å². The van der Waals surface area contributed by atoms with Gasteiger partial charge in [0.1, 0.15) is 5.25 Å². The summed E-state index contributed by atoms with van der Waals surface area (Å²) >= 11 is 1.37. The van der Waals surface area contributed by atoms with Crippen LogP contribution in [0.25, 0.3) is 0 Å². The smallest absolute Gasteiger partial charge is 0.316 e. The Labute approximate surface area is 107 Å². The Bertz CT molecular complexity index is 360. The molecular weight excluding hydrogens is 234 g/mol. The average molecular weight is 253 g/mol. The van der Waals surface area contributed by atoms with Crippen LogP contribution in [0.15, 0.2) is 29.2 Å². The van der Waals surface area contributed by atoms with E-state index < -0.39 is 11.2 Å². The number of hydrogen-bond donors (Lipinski definition) is 1. The molecule has 0 aliphatic carbocycles. The van der Waals surface area contributed by atoms with E-state index in [2.05, 4.69) is 18.7 Å². The number of carboxylic acids is 1. The van der Waals surface area contributed by atoms with Crippen molar-refractivity contribution in [3.05, 3.63) is 24.3 Å². The molecule has 1 rings (SSSR count). The second-order valence-corrected chi connectivity index (χ2v) is 5.18. The second kappa shape index (κ2) is 6.55. The van der Waals surface area contributed by atoms with E-state index in [-0.39, 0.29) is 0 Å². The molecule has 1 N–H and O–H groups in total. The fourth-order valence-corrected chi connectivity index (χ4v) is 2.38. The zero-order valence-electron chi connectivity index (χ0n) is 10.5. The van der Waals surface area contributed by atoms with Crippen molar-refractivity contribution in [2.45, 2.75) is 30.9 Å². The Morgan fingerprint density at radius 3 is 2.24 bits per heavy atom. The van der Waals surface area contributed by atoms with Gasteiger partial charge in [0.25, 0.3) is 0 Å². The van der Waals surface area contributed by atoms with Crippen molar-refractivity contribution in [2.75, 3.05) is 18.0 Å². The first-order valence-corrected chi connectivity index (χ1v) is 6.70. The van der Waals surface area contributed by atoms with Gasteiger partial charge in [0.05, 0.1) is 0 Å². The summed E-state index contributed by atoms with van der Waals surface area (Å²) in [5.74, 6) is -0.775. The van der Waals surface area contributed by atoms with Crippen LogP contribution in [-0.4, -0.2) is 29.4 Å². The molecule has 94 valence electrons. The van der Waals surface area contributed by atoms with Crippen LogP contribution in [0.4, 0.5) is 5.69 Å². The average Bonchev–Trinajstić information content (AvgIpc) is 2.32. The third kappa shape index (κ3) is 3.97. The molecule has 0 aromatic heterocycles. The third-order valence-electron chi connectivity index (χ3n) is 2.63. The maximum Gasteiger partial charge on any atom is 0.316 e. The number of benzene rings is 1. The molecule has 4 heteroatoms. The summed E-state index contributed by atoms with van der Waals surface area (Å²) in [6.45, 7) is 7.91.